The monoisotopic (exact) mass is 348 g/mol. The summed E-state index contributed by atoms with van der Waals surface area (Å²) in [5.74, 6) is 0.597. The van der Waals surface area contributed by atoms with Crippen LogP contribution in [0.25, 0.3) is 0 Å². The van der Waals surface area contributed by atoms with Crippen LogP contribution in [0.5, 0.6) is 0 Å². The molecule has 0 aromatic carbocycles. The van der Waals surface area contributed by atoms with Crippen molar-refractivity contribution in [2.45, 2.75) is 58.4 Å². The van der Waals surface area contributed by atoms with Gasteiger partial charge < -0.3 is 9.64 Å². The minimum absolute atomic E-state index is 0.395. The molecule has 2 atom stereocenters. The van der Waals surface area contributed by atoms with Gasteiger partial charge >= 0.3 is 6.09 Å². The lowest BCUT2D eigenvalue weighted by Crippen LogP contribution is -2.40. The van der Waals surface area contributed by atoms with Crippen molar-refractivity contribution in [2.75, 3.05) is 25.9 Å². The molecule has 0 radical (unpaired) electrons. The number of likely N-dealkylation sites (tertiary alicyclic amines) is 1. The zero-order valence-corrected chi connectivity index (χ0v) is 15.2. The highest BCUT2D eigenvalue weighted by Crippen LogP contribution is 2.26. The smallest absolute Gasteiger partial charge is 0.412 e. The van der Waals surface area contributed by atoms with Gasteiger partial charge in [0.05, 0.1) is 12.3 Å². The summed E-state index contributed by atoms with van der Waals surface area (Å²) in [6.45, 7) is 8.96. The van der Waals surface area contributed by atoms with Crippen LogP contribution >= 0.6 is 0 Å². The summed E-state index contributed by atoms with van der Waals surface area (Å²) in [6.07, 6.45) is 2.61. The summed E-state index contributed by atoms with van der Waals surface area (Å²) in [5.41, 5.74) is 0. The lowest BCUT2D eigenvalue weighted by atomic mass is 9.92. The first kappa shape index (κ1) is 18.5. The van der Waals surface area contributed by atoms with Gasteiger partial charge in [0.25, 0.3) is 10.1 Å². The van der Waals surface area contributed by atoms with Crippen molar-refractivity contribution < 1.29 is 22.1 Å². The number of hydrogen-bond donors (Lipinski definition) is 0. The van der Waals surface area contributed by atoms with E-state index in [9.17, 15) is 13.2 Å². The zero-order chi connectivity index (χ0) is 17.2. The molecule has 8 heteroatoms. The van der Waals surface area contributed by atoms with Crippen molar-refractivity contribution >= 4 is 16.2 Å². The van der Waals surface area contributed by atoms with Gasteiger partial charge in [-0.2, -0.15) is 8.42 Å². The Morgan fingerprint density at radius 2 is 1.91 bits per heavy atom. The second-order valence-electron chi connectivity index (χ2n) is 6.85. The third-order valence-electron chi connectivity index (χ3n) is 4.76. The Labute approximate surface area is 139 Å². The molecule has 0 saturated carbocycles. The van der Waals surface area contributed by atoms with E-state index in [0.717, 1.165) is 38.6 Å². The van der Waals surface area contributed by atoms with Crippen molar-refractivity contribution in [3.63, 3.8) is 0 Å². The van der Waals surface area contributed by atoms with Crippen LogP contribution in [-0.4, -0.2) is 68.6 Å². The number of cyclic esters (lactones) is 1. The van der Waals surface area contributed by atoms with E-state index >= 15 is 0 Å². The molecule has 0 spiro atoms. The largest absolute Gasteiger partial charge is 0.416 e. The van der Waals surface area contributed by atoms with Crippen LogP contribution in [0.4, 0.5) is 4.79 Å². The van der Waals surface area contributed by atoms with Crippen molar-refractivity contribution in [3.8, 4) is 0 Å². The van der Waals surface area contributed by atoms with Crippen LogP contribution in [-0.2, 0) is 19.0 Å². The average Bonchev–Trinajstić information content (AvgIpc) is 2.70. The van der Waals surface area contributed by atoms with Crippen molar-refractivity contribution in [2.24, 2.45) is 5.92 Å². The Balaban J connectivity index is 1.81. The number of carbonyl (C=O) groups excluding carboxylic acids is 1. The normalized spacial score (nSPS) is 27.7. The highest BCUT2D eigenvalue weighted by atomic mass is 32.2. The maximum Gasteiger partial charge on any atom is 0.412 e. The quantitative estimate of drug-likeness (QED) is 0.679. The Morgan fingerprint density at radius 1 is 1.30 bits per heavy atom. The number of carbonyl (C=O) groups is 1. The van der Waals surface area contributed by atoms with Gasteiger partial charge in [-0.3, -0.25) is 4.90 Å². The third-order valence-corrected chi connectivity index (χ3v) is 5.30. The molecule has 0 aromatic heterocycles. The average molecular weight is 348 g/mol. The molecule has 0 aliphatic carbocycles. The molecule has 0 bridgehead atoms. The predicted molar refractivity (Wildman–Crippen MR) is 86.4 cm³/mol. The molecule has 2 rings (SSSR count). The highest BCUT2D eigenvalue weighted by Gasteiger charge is 2.41. The first-order valence-electron chi connectivity index (χ1n) is 8.27. The van der Waals surface area contributed by atoms with Gasteiger partial charge in [0.1, 0.15) is 0 Å². The van der Waals surface area contributed by atoms with E-state index in [1.54, 1.807) is 11.8 Å². The van der Waals surface area contributed by atoms with Crippen molar-refractivity contribution in [1.82, 2.24) is 9.80 Å². The van der Waals surface area contributed by atoms with Gasteiger partial charge in [-0.05, 0) is 59.0 Å². The molecule has 2 saturated heterocycles. The van der Waals surface area contributed by atoms with Gasteiger partial charge in [-0.1, -0.05) is 0 Å². The zero-order valence-electron chi connectivity index (χ0n) is 14.4. The van der Waals surface area contributed by atoms with Crippen LogP contribution in [0, 0.1) is 5.92 Å². The number of piperidine rings is 1. The molecule has 134 valence electrons. The summed E-state index contributed by atoms with van der Waals surface area (Å²) in [7, 11) is -3.65. The molecule has 1 amide bonds. The topological polar surface area (TPSA) is 76.2 Å². The van der Waals surface area contributed by atoms with Gasteiger partial charge in [-0.15, -0.1) is 0 Å². The fourth-order valence-corrected chi connectivity index (χ4v) is 3.77. The predicted octanol–water partition coefficient (Wildman–Crippen LogP) is 1.64. The number of nitrogens with zero attached hydrogens (tertiary/aromatic N) is 2. The van der Waals surface area contributed by atoms with E-state index in [0.29, 0.717) is 18.5 Å². The van der Waals surface area contributed by atoms with E-state index in [1.807, 2.05) is 0 Å². The SMILES string of the molecule is CC(C)N1CCC(CCN2C(=O)OC(OS(C)(=O)=O)C2C)CC1. The van der Waals surface area contributed by atoms with E-state index in [-0.39, 0.29) is 0 Å². The van der Waals surface area contributed by atoms with Gasteiger partial charge in [0.2, 0.25) is 6.29 Å². The lowest BCUT2D eigenvalue weighted by Gasteiger charge is -2.35. The molecule has 2 aliphatic rings. The molecule has 0 aromatic rings. The van der Waals surface area contributed by atoms with Gasteiger partial charge in [-0.25, -0.2) is 8.98 Å². The van der Waals surface area contributed by atoms with E-state index in [4.69, 9.17) is 8.92 Å². The van der Waals surface area contributed by atoms with Gasteiger partial charge in [0, 0.05) is 12.6 Å². The molecule has 2 unspecified atom stereocenters. The third kappa shape index (κ3) is 5.06. The molecule has 0 N–H and O–H groups in total. The summed E-state index contributed by atoms with van der Waals surface area (Å²) < 4.78 is 32.3. The fraction of sp³-hybridized carbons (Fsp3) is 0.933. The summed E-state index contributed by atoms with van der Waals surface area (Å²) in [5, 5.41) is 0. The molecule has 2 heterocycles. The molecule has 7 nitrogen and oxygen atoms in total. The van der Waals surface area contributed by atoms with Crippen LogP contribution < -0.4 is 0 Å². The van der Waals surface area contributed by atoms with Crippen LogP contribution in [0.2, 0.25) is 0 Å². The van der Waals surface area contributed by atoms with Crippen LogP contribution in [0.15, 0.2) is 0 Å². The van der Waals surface area contributed by atoms with Crippen molar-refractivity contribution in [1.29, 1.82) is 0 Å². The second kappa shape index (κ2) is 7.36. The van der Waals surface area contributed by atoms with E-state index < -0.39 is 28.5 Å². The fourth-order valence-electron chi connectivity index (χ4n) is 3.23. The summed E-state index contributed by atoms with van der Waals surface area (Å²) in [4.78, 5) is 16.0. The Kier molecular flexibility index (Phi) is 5.91. The highest BCUT2D eigenvalue weighted by molar-refractivity contribution is 7.86. The Bertz CT molecular complexity index is 514. The molecule has 2 fully saturated rings. The van der Waals surface area contributed by atoms with Gasteiger partial charge in [0.15, 0.2) is 0 Å². The van der Waals surface area contributed by atoms with E-state index in [1.165, 1.54) is 0 Å². The van der Waals surface area contributed by atoms with Crippen LogP contribution in [0.1, 0.15) is 40.0 Å². The second-order valence-corrected chi connectivity index (χ2v) is 8.45. The number of amides is 1. The summed E-state index contributed by atoms with van der Waals surface area (Å²) >= 11 is 0. The Hall–Kier alpha value is -0.860. The first-order chi connectivity index (χ1) is 10.7. The molecule has 2 aliphatic heterocycles. The number of ether oxygens (including phenoxy) is 1. The maximum absolute atomic E-state index is 11.9. The number of hydrogen-bond acceptors (Lipinski definition) is 6. The molecule has 23 heavy (non-hydrogen) atoms. The van der Waals surface area contributed by atoms with Crippen LogP contribution in [0.3, 0.4) is 0 Å². The first-order valence-corrected chi connectivity index (χ1v) is 10.1. The summed E-state index contributed by atoms with van der Waals surface area (Å²) in [6, 6.07) is 0.186. The molecular formula is C15H28N2O5S. The maximum atomic E-state index is 11.9. The minimum atomic E-state index is -3.65. The van der Waals surface area contributed by atoms with Crippen molar-refractivity contribution in [3.05, 3.63) is 0 Å². The van der Waals surface area contributed by atoms with E-state index in [2.05, 4.69) is 18.7 Å². The standard InChI is InChI=1S/C15H28N2O5S/c1-11(2)16-8-5-13(6-9-16)7-10-17-12(3)14(21-15(17)18)22-23(4,19)20/h11-14H,5-10H2,1-4H3. The Morgan fingerprint density at radius 3 is 2.43 bits per heavy atom. The lowest BCUT2D eigenvalue weighted by molar-refractivity contribution is -0.00755. The molecular weight excluding hydrogens is 320 g/mol. The minimum Gasteiger partial charge on any atom is -0.416 e. The number of rotatable bonds is 6.